The van der Waals surface area contributed by atoms with Crippen molar-refractivity contribution in [3.63, 3.8) is 0 Å². The van der Waals surface area contributed by atoms with Gasteiger partial charge in [-0.1, -0.05) is 19.8 Å². The number of unbranched alkanes of at least 4 members (excludes halogenated alkanes) is 1. The third-order valence-electron chi connectivity index (χ3n) is 3.50. The van der Waals surface area contributed by atoms with Gasteiger partial charge in [-0.05, 0) is 40.2 Å². The zero-order valence-corrected chi connectivity index (χ0v) is 16.2. The molecule has 2 N–H and O–H groups in total. The molecule has 0 aromatic rings. The van der Waals surface area contributed by atoms with Gasteiger partial charge >= 0.3 is 18.0 Å². The number of carbonyl (C=O) groups excluding carboxylic acids is 3. The van der Waals surface area contributed by atoms with Gasteiger partial charge in [0, 0.05) is 0 Å². The molecular weight excluding hydrogens is 328 g/mol. The molecule has 8 heteroatoms. The van der Waals surface area contributed by atoms with Crippen LogP contribution in [0, 0.1) is 0 Å². The van der Waals surface area contributed by atoms with E-state index in [1.807, 2.05) is 6.92 Å². The third-order valence-corrected chi connectivity index (χ3v) is 3.50. The van der Waals surface area contributed by atoms with Crippen LogP contribution in [-0.2, 0) is 23.8 Å². The summed E-state index contributed by atoms with van der Waals surface area (Å²) in [6, 6.07) is 0. The number of methoxy groups -OCH3 is 2. The molecule has 0 bridgehead atoms. The van der Waals surface area contributed by atoms with Crippen LogP contribution < -0.4 is 10.6 Å². The quantitative estimate of drug-likeness (QED) is 0.348. The smallest absolute Gasteiger partial charge is 0.408 e. The minimum absolute atomic E-state index is 0.0218. The molecule has 0 aliphatic carbocycles. The predicted octanol–water partition coefficient (Wildman–Crippen LogP) is 1.77. The van der Waals surface area contributed by atoms with Crippen molar-refractivity contribution in [2.45, 2.75) is 64.5 Å². The number of hydrogen-bond acceptors (Lipinski definition) is 7. The maximum absolute atomic E-state index is 12.4. The average molecular weight is 360 g/mol. The van der Waals surface area contributed by atoms with E-state index in [4.69, 9.17) is 9.47 Å². The van der Waals surface area contributed by atoms with Gasteiger partial charge in [-0.2, -0.15) is 0 Å². The highest BCUT2D eigenvalue weighted by Gasteiger charge is 2.41. The molecule has 0 aromatic heterocycles. The Labute approximate surface area is 150 Å². The molecule has 146 valence electrons. The van der Waals surface area contributed by atoms with Crippen molar-refractivity contribution >= 4 is 18.0 Å². The first-order valence-corrected chi connectivity index (χ1v) is 8.47. The summed E-state index contributed by atoms with van der Waals surface area (Å²) in [7, 11) is 2.58. The Morgan fingerprint density at radius 3 is 2.12 bits per heavy atom. The Balaban J connectivity index is 5.12. The standard InChI is InChI=1S/C17H32N2O6/c1-7-8-9-17(14(21)24-6,10-11-18-12-13(20)23-5)19-15(22)25-16(2,3)4/h18H,7-12H2,1-6H3,(H,19,22)/t17-/m1/s1. The van der Waals surface area contributed by atoms with Gasteiger partial charge in [0.25, 0.3) is 0 Å². The Kier molecular flexibility index (Phi) is 10.1. The third kappa shape index (κ3) is 9.28. The lowest BCUT2D eigenvalue weighted by Crippen LogP contribution is -2.57. The first-order chi connectivity index (χ1) is 11.6. The predicted molar refractivity (Wildman–Crippen MR) is 93.1 cm³/mol. The van der Waals surface area contributed by atoms with E-state index in [1.165, 1.54) is 14.2 Å². The molecule has 0 aliphatic heterocycles. The molecule has 25 heavy (non-hydrogen) atoms. The SMILES string of the molecule is CCCC[C@](CCNCC(=O)OC)(NC(=O)OC(C)(C)C)C(=O)OC. The van der Waals surface area contributed by atoms with E-state index in [0.29, 0.717) is 13.0 Å². The van der Waals surface area contributed by atoms with Crippen molar-refractivity contribution in [2.24, 2.45) is 0 Å². The molecule has 0 rings (SSSR count). The lowest BCUT2D eigenvalue weighted by atomic mass is 9.89. The van der Waals surface area contributed by atoms with E-state index in [2.05, 4.69) is 15.4 Å². The van der Waals surface area contributed by atoms with Crippen molar-refractivity contribution in [2.75, 3.05) is 27.3 Å². The maximum Gasteiger partial charge on any atom is 0.408 e. The second-order valence-electron chi connectivity index (χ2n) is 6.81. The summed E-state index contributed by atoms with van der Waals surface area (Å²) in [6.45, 7) is 7.58. The summed E-state index contributed by atoms with van der Waals surface area (Å²) in [6.07, 6.45) is 1.57. The fourth-order valence-electron chi connectivity index (χ4n) is 2.24. The monoisotopic (exact) mass is 360 g/mol. The minimum Gasteiger partial charge on any atom is -0.468 e. The first-order valence-electron chi connectivity index (χ1n) is 8.47. The molecule has 0 radical (unpaired) electrons. The van der Waals surface area contributed by atoms with Gasteiger partial charge in [-0.25, -0.2) is 9.59 Å². The van der Waals surface area contributed by atoms with Crippen LogP contribution in [-0.4, -0.2) is 56.5 Å². The number of ether oxygens (including phenoxy) is 3. The minimum atomic E-state index is -1.21. The lowest BCUT2D eigenvalue weighted by molar-refractivity contribution is -0.149. The number of rotatable bonds is 10. The van der Waals surface area contributed by atoms with Gasteiger partial charge < -0.3 is 24.8 Å². The molecule has 0 spiro atoms. The van der Waals surface area contributed by atoms with Gasteiger partial charge in [-0.3, -0.25) is 4.79 Å². The highest BCUT2D eigenvalue weighted by Crippen LogP contribution is 2.22. The van der Waals surface area contributed by atoms with Crippen molar-refractivity contribution < 1.29 is 28.6 Å². The van der Waals surface area contributed by atoms with E-state index >= 15 is 0 Å². The number of amides is 1. The van der Waals surface area contributed by atoms with E-state index in [1.54, 1.807) is 20.8 Å². The molecule has 0 unspecified atom stereocenters. The van der Waals surface area contributed by atoms with Crippen LogP contribution >= 0.6 is 0 Å². The van der Waals surface area contributed by atoms with Gasteiger partial charge in [0.15, 0.2) is 0 Å². The van der Waals surface area contributed by atoms with Crippen LogP contribution in [0.5, 0.6) is 0 Å². The Hall–Kier alpha value is -1.83. The topological polar surface area (TPSA) is 103 Å². The molecule has 0 heterocycles. The largest absolute Gasteiger partial charge is 0.468 e. The molecule has 1 amide bonds. The summed E-state index contributed by atoms with van der Waals surface area (Å²) in [5.74, 6) is -0.941. The zero-order chi connectivity index (χ0) is 19.5. The Morgan fingerprint density at radius 1 is 1.00 bits per heavy atom. The highest BCUT2D eigenvalue weighted by molar-refractivity contribution is 5.85. The van der Waals surface area contributed by atoms with E-state index in [-0.39, 0.29) is 13.0 Å². The molecular formula is C17H32N2O6. The zero-order valence-electron chi connectivity index (χ0n) is 16.2. The van der Waals surface area contributed by atoms with Crippen LogP contribution in [0.2, 0.25) is 0 Å². The van der Waals surface area contributed by atoms with E-state index in [0.717, 1.165) is 12.8 Å². The Morgan fingerprint density at radius 2 is 1.64 bits per heavy atom. The maximum atomic E-state index is 12.4. The van der Waals surface area contributed by atoms with Gasteiger partial charge in [0.2, 0.25) is 0 Å². The molecule has 0 fully saturated rings. The van der Waals surface area contributed by atoms with E-state index in [9.17, 15) is 14.4 Å². The molecule has 0 aliphatic rings. The number of carbonyl (C=O) groups is 3. The summed E-state index contributed by atoms with van der Waals surface area (Å²) < 4.78 is 14.7. The lowest BCUT2D eigenvalue weighted by Gasteiger charge is -2.33. The van der Waals surface area contributed by atoms with Crippen molar-refractivity contribution in [3.8, 4) is 0 Å². The highest BCUT2D eigenvalue weighted by atomic mass is 16.6. The fraction of sp³-hybridized carbons (Fsp3) is 0.824. The fourth-order valence-corrected chi connectivity index (χ4v) is 2.24. The first kappa shape index (κ1) is 23.2. The molecule has 0 saturated heterocycles. The van der Waals surface area contributed by atoms with Crippen LogP contribution in [0.15, 0.2) is 0 Å². The number of hydrogen-bond donors (Lipinski definition) is 2. The van der Waals surface area contributed by atoms with Crippen LogP contribution in [0.25, 0.3) is 0 Å². The second kappa shape index (κ2) is 10.9. The van der Waals surface area contributed by atoms with Crippen molar-refractivity contribution in [3.05, 3.63) is 0 Å². The van der Waals surface area contributed by atoms with Gasteiger partial charge in [-0.15, -0.1) is 0 Å². The van der Waals surface area contributed by atoms with Crippen molar-refractivity contribution in [1.82, 2.24) is 10.6 Å². The summed E-state index contributed by atoms with van der Waals surface area (Å²) in [5.41, 5.74) is -1.89. The molecule has 1 atom stereocenters. The summed E-state index contributed by atoms with van der Waals surface area (Å²) in [4.78, 5) is 35.8. The van der Waals surface area contributed by atoms with Crippen LogP contribution in [0.4, 0.5) is 4.79 Å². The molecule has 0 aromatic carbocycles. The number of esters is 2. The van der Waals surface area contributed by atoms with Gasteiger partial charge in [0.1, 0.15) is 11.1 Å². The number of nitrogens with one attached hydrogen (secondary N) is 2. The average Bonchev–Trinajstić information content (AvgIpc) is 2.53. The molecule has 0 saturated carbocycles. The Bertz CT molecular complexity index is 447. The van der Waals surface area contributed by atoms with Crippen molar-refractivity contribution in [1.29, 1.82) is 0 Å². The van der Waals surface area contributed by atoms with Gasteiger partial charge in [0.05, 0.1) is 20.8 Å². The number of alkyl carbamates (subject to hydrolysis) is 1. The van der Waals surface area contributed by atoms with E-state index < -0.39 is 29.2 Å². The summed E-state index contributed by atoms with van der Waals surface area (Å²) in [5, 5.41) is 5.58. The van der Waals surface area contributed by atoms with Crippen LogP contribution in [0.1, 0.15) is 53.4 Å². The second-order valence-corrected chi connectivity index (χ2v) is 6.81. The summed E-state index contributed by atoms with van der Waals surface area (Å²) >= 11 is 0. The normalized spacial score (nSPS) is 13.5. The van der Waals surface area contributed by atoms with Crippen LogP contribution in [0.3, 0.4) is 0 Å². The molecule has 8 nitrogen and oxygen atoms in total.